The van der Waals surface area contributed by atoms with Crippen molar-refractivity contribution < 1.29 is 0 Å². The molecule has 0 radical (unpaired) electrons. The number of hydrogen-bond acceptors (Lipinski definition) is 4. The molecule has 116 valence electrons. The van der Waals surface area contributed by atoms with E-state index in [0.29, 0.717) is 11.8 Å². The van der Waals surface area contributed by atoms with Gasteiger partial charge in [-0.05, 0) is 12.0 Å². The number of hydrogen-bond donors (Lipinski definition) is 0. The van der Waals surface area contributed by atoms with E-state index in [1.807, 2.05) is 12.4 Å². The molecule has 0 N–H and O–H groups in total. The van der Waals surface area contributed by atoms with Crippen molar-refractivity contribution in [2.24, 2.45) is 5.92 Å². The largest absolute Gasteiger partial charge is 0.292 e. The van der Waals surface area contributed by atoms with Crippen LogP contribution >= 0.6 is 39.7 Å². The van der Waals surface area contributed by atoms with Crippen LogP contribution in [0.3, 0.4) is 0 Å². The molecule has 5 nitrogen and oxygen atoms in total. The Labute approximate surface area is 147 Å². The van der Waals surface area contributed by atoms with Crippen LogP contribution in [0.25, 0.3) is 16.8 Å². The normalized spacial score (nSPS) is 23.0. The monoisotopic (exact) mass is 445 g/mol. The molecule has 8 heteroatoms. The van der Waals surface area contributed by atoms with Crippen molar-refractivity contribution in [3.63, 3.8) is 0 Å². The summed E-state index contributed by atoms with van der Waals surface area (Å²) in [5, 5.41) is 0. The maximum Gasteiger partial charge on any atom is 0.167 e. The number of nitrogens with zero attached hydrogens (tertiary/aromatic N) is 5. The van der Waals surface area contributed by atoms with E-state index < -0.39 is 0 Å². The van der Waals surface area contributed by atoms with E-state index in [0.717, 1.165) is 29.9 Å². The molecule has 0 aliphatic carbocycles. The molecule has 22 heavy (non-hydrogen) atoms. The number of aromatic nitrogens is 4. The molecule has 1 fully saturated rings. The van der Waals surface area contributed by atoms with Gasteiger partial charge < -0.3 is 0 Å². The van der Waals surface area contributed by atoms with Crippen LogP contribution in [0.1, 0.15) is 25.0 Å². The summed E-state index contributed by atoms with van der Waals surface area (Å²) >= 11 is 2.28. The first kappa shape index (κ1) is 15.2. The quantitative estimate of drug-likeness (QED) is 0.455. The lowest BCUT2D eigenvalue weighted by atomic mass is 9.91. The van der Waals surface area contributed by atoms with Crippen LogP contribution in [0.15, 0.2) is 24.7 Å². The summed E-state index contributed by atoms with van der Waals surface area (Å²) in [5.41, 5.74) is 4.40. The maximum atomic E-state index is 4.60. The molecule has 3 aromatic rings. The van der Waals surface area contributed by atoms with Gasteiger partial charge in [0.15, 0.2) is 11.3 Å². The van der Waals surface area contributed by atoms with Gasteiger partial charge in [-0.3, -0.25) is 13.0 Å². The minimum Gasteiger partial charge on any atom is -0.292 e. The molecule has 0 aromatic carbocycles. The summed E-state index contributed by atoms with van der Waals surface area (Å²) in [4.78, 5) is 9.17. The molecule has 4 rings (SSSR count). The highest BCUT2D eigenvalue weighted by molar-refractivity contribution is 14.2. The fourth-order valence-electron chi connectivity index (χ4n) is 3.52. The van der Waals surface area contributed by atoms with Gasteiger partial charge in [0.25, 0.3) is 0 Å². The van der Waals surface area contributed by atoms with Crippen molar-refractivity contribution in [2.45, 2.75) is 19.3 Å². The van der Waals surface area contributed by atoms with Crippen molar-refractivity contribution in [2.75, 3.05) is 13.1 Å². The van der Waals surface area contributed by atoms with Crippen LogP contribution in [0.2, 0.25) is 0 Å². The zero-order valence-corrected chi connectivity index (χ0v) is 16.3. The summed E-state index contributed by atoms with van der Waals surface area (Å²) in [6.45, 7) is 4.49. The molecule has 1 aliphatic heterocycles. The third kappa shape index (κ3) is 2.28. The highest BCUT2D eigenvalue weighted by Crippen LogP contribution is 2.37. The number of halogens is 1. The first-order valence-electron chi connectivity index (χ1n) is 7.35. The van der Waals surface area contributed by atoms with Crippen molar-refractivity contribution >= 4 is 56.5 Å². The molecule has 1 saturated heterocycles. The van der Waals surface area contributed by atoms with E-state index in [2.05, 4.69) is 72.8 Å². The topological polar surface area (TPSA) is 38.4 Å². The zero-order chi connectivity index (χ0) is 15.3. The molecule has 0 saturated carbocycles. The molecule has 0 spiro atoms. The van der Waals surface area contributed by atoms with Gasteiger partial charge in [0, 0.05) is 67.4 Å². The van der Waals surface area contributed by atoms with Crippen LogP contribution < -0.4 is 0 Å². The molecule has 3 atom stereocenters. The first-order valence-corrected chi connectivity index (χ1v) is 11.2. The summed E-state index contributed by atoms with van der Waals surface area (Å²) < 4.78 is 6.73. The fraction of sp³-hybridized carbons (Fsp3) is 0.429. The summed E-state index contributed by atoms with van der Waals surface area (Å²) in [6.07, 6.45) is 7.19. The van der Waals surface area contributed by atoms with E-state index in [-0.39, 0.29) is 0 Å². The molecule has 1 aliphatic rings. The van der Waals surface area contributed by atoms with E-state index in [1.165, 1.54) is 12.1 Å². The highest BCUT2D eigenvalue weighted by Gasteiger charge is 2.33. The van der Waals surface area contributed by atoms with Gasteiger partial charge in [0.2, 0.25) is 0 Å². The van der Waals surface area contributed by atoms with Gasteiger partial charge in [-0.1, -0.05) is 22.7 Å². The second-order valence-corrected chi connectivity index (χ2v) is 8.23. The second-order valence-electron chi connectivity index (χ2n) is 5.78. The van der Waals surface area contributed by atoms with Crippen LogP contribution in [0.5, 0.6) is 0 Å². The van der Waals surface area contributed by atoms with Gasteiger partial charge >= 0.3 is 0 Å². The van der Waals surface area contributed by atoms with Crippen LogP contribution in [0, 0.1) is 5.92 Å². The molecular formula is C14H17IN5PS. The predicted octanol–water partition coefficient (Wildman–Crippen LogP) is 3.75. The van der Waals surface area contributed by atoms with Gasteiger partial charge in [-0.2, -0.15) is 0 Å². The van der Waals surface area contributed by atoms with Crippen LogP contribution in [-0.2, 0) is 0 Å². The third-order valence-electron chi connectivity index (χ3n) is 4.61. The summed E-state index contributed by atoms with van der Waals surface area (Å²) in [6, 6.07) is 2.14. The Balaban J connectivity index is 1.93. The number of rotatable bonds is 3. The lowest BCUT2D eigenvalue weighted by molar-refractivity contribution is 0.482. The Kier molecular flexibility index (Phi) is 4.09. The Bertz CT molecular complexity index is 831. The van der Waals surface area contributed by atoms with E-state index in [1.54, 1.807) is 9.12 Å². The highest BCUT2D eigenvalue weighted by atomic mass is 127. The van der Waals surface area contributed by atoms with E-state index >= 15 is 0 Å². The number of fused-ring (bicyclic) bond motifs is 3. The van der Waals surface area contributed by atoms with Crippen molar-refractivity contribution in [3.8, 4) is 0 Å². The smallest absolute Gasteiger partial charge is 0.167 e. The van der Waals surface area contributed by atoms with E-state index in [9.17, 15) is 0 Å². The summed E-state index contributed by atoms with van der Waals surface area (Å²) in [5.74, 6) is 1.21. The zero-order valence-electron chi connectivity index (χ0n) is 12.2. The van der Waals surface area contributed by atoms with E-state index in [4.69, 9.17) is 0 Å². The average Bonchev–Trinajstić information content (AvgIpc) is 3.20. The van der Waals surface area contributed by atoms with Gasteiger partial charge in [0.05, 0.1) is 11.7 Å². The van der Waals surface area contributed by atoms with Gasteiger partial charge in [-0.25, -0.2) is 9.97 Å². The number of imidazole rings is 1. The Morgan fingerprint density at radius 2 is 2.23 bits per heavy atom. The van der Waals surface area contributed by atoms with Crippen LogP contribution in [0.4, 0.5) is 0 Å². The minimum atomic E-state index is 0.527. The molecule has 1 unspecified atom stereocenters. The third-order valence-corrected chi connectivity index (χ3v) is 6.75. The average molecular weight is 445 g/mol. The fourth-order valence-corrected chi connectivity index (χ4v) is 5.28. The maximum absolute atomic E-state index is 4.60. The lowest BCUT2D eigenvalue weighted by Crippen LogP contribution is -2.12. The lowest BCUT2D eigenvalue weighted by Gasteiger charge is -2.16. The minimum absolute atomic E-state index is 0.527. The van der Waals surface area contributed by atoms with Crippen molar-refractivity contribution in [1.82, 2.24) is 23.0 Å². The molecular weight excluding hydrogens is 428 g/mol. The molecule has 0 bridgehead atoms. The predicted molar refractivity (Wildman–Crippen MR) is 103 cm³/mol. The van der Waals surface area contributed by atoms with Crippen LogP contribution in [-0.4, -0.2) is 36.1 Å². The van der Waals surface area contributed by atoms with Crippen molar-refractivity contribution in [1.29, 1.82) is 0 Å². The summed E-state index contributed by atoms with van der Waals surface area (Å²) in [7, 11) is 4.49. The van der Waals surface area contributed by atoms with Gasteiger partial charge in [-0.15, -0.1) is 0 Å². The standard InChI is InChI=1S/C14H17IN5PS/c1-2-9-7-18(21)8-10(9)12-5-16-13-6-17-14-11(20(12)13)3-4-19(14)22-15/h3-6,9-10H,2,7-8,21H2,1H3/t9-,10+/m1/s1. The molecule has 0 amide bonds. The Morgan fingerprint density at radius 3 is 3.00 bits per heavy atom. The van der Waals surface area contributed by atoms with Crippen molar-refractivity contribution in [3.05, 3.63) is 30.4 Å². The SMILES string of the molecule is CC[C@@H]1CN(P)C[C@@H]1c1cnc2cnc3c(ccn3SI)n12. The van der Waals surface area contributed by atoms with Gasteiger partial charge in [0.1, 0.15) is 0 Å². The Hall–Kier alpha value is -0.370. The second kappa shape index (κ2) is 5.92. The molecule has 3 aromatic heterocycles. The first-order chi connectivity index (χ1) is 10.7. The Morgan fingerprint density at radius 1 is 1.36 bits per heavy atom. The molecule has 4 heterocycles.